The summed E-state index contributed by atoms with van der Waals surface area (Å²) in [6.45, 7) is 2.18. The van der Waals surface area contributed by atoms with Gasteiger partial charge >= 0.3 is 14.0 Å². The summed E-state index contributed by atoms with van der Waals surface area (Å²) < 4.78 is 49.4. The number of hydrogen-bond donors (Lipinski definition) is 9. The van der Waals surface area contributed by atoms with Crippen molar-refractivity contribution in [3.63, 3.8) is 0 Å². The van der Waals surface area contributed by atoms with Crippen LogP contribution in [0.4, 0.5) is 10.6 Å². The number of phosphoric acid groups is 1. The number of hydrogen-bond acceptors (Lipinski definition) is 20. The second-order valence-corrected chi connectivity index (χ2v) is 12.6. The Balaban J connectivity index is 1.39. The minimum Gasteiger partial charge on any atom is -0.432 e. The van der Waals surface area contributed by atoms with Gasteiger partial charge in [-0.05, 0) is 20.8 Å². The number of nitrogens with one attached hydrogen (secondary N) is 1. The predicted octanol–water partition coefficient (Wildman–Crippen LogP) is -3.10. The molecule has 2 aromatic heterocycles. The van der Waals surface area contributed by atoms with Crippen LogP contribution in [0, 0.1) is 0 Å². The van der Waals surface area contributed by atoms with E-state index in [4.69, 9.17) is 23.5 Å². The van der Waals surface area contributed by atoms with Crippen LogP contribution in [0.25, 0.3) is 11.2 Å². The highest BCUT2D eigenvalue weighted by Crippen LogP contribution is 2.44. The highest BCUT2D eigenvalue weighted by atomic mass is 31.2. The normalized spacial score (nSPS) is 32.9. The van der Waals surface area contributed by atoms with Crippen LogP contribution in [-0.2, 0) is 43.8 Å². The number of phosphoric ester groups is 1. The Morgan fingerprint density at radius 3 is 2.35 bits per heavy atom. The molecule has 23 heteroatoms. The average molecular weight is 714 g/mol. The van der Waals surface area contributed by atoms with Gasteiger partial charge in [-0.25, -0.2) is 28.8 Å². The number of fused-ring (bicyclic) bond motifs is 1. The number of aliphatic hydroxyl groups is 7. The lowest BCUT2D eigenvalue weighted by molar-refractivity contribution is -0.340. The van der Waals surface area contributed by atoms with Crippen molar-refractivity contribution < 1.29 is 82.7 Å². The molecule has 272 valence electrons. The number of rotatable bonds is 14. The van der Waals surface area contributed by atoms with Gasteiger partial charge in [-0.3, -0.25) is 4.52 Å². The van der Waals surface area contributed by atoms with E-state index in [0.29, 0.717) is 0 Å². The van der Waals surface area contributed by atoms with Gasteiger partial charge in [0.2, 0.25) is 6.79 Å². The van der Waals surface area contributed by atoms with E-state index in [1.807, 2.05) is 0 Å². The first-order valence-corrected chi connectivity index (χ1v) is 16.1. The molecule has 0 aromatic carbocycles. The van der Waals surface area contributed by atoms with Gasteiger partial charge in [-0.2, -0.15) is 0 Å². The van der Waals surface area contributed by atoms with Crippen molar-refractivity contribution >= 4 is 31.0 Å². The summed E-state index contributed by atoms with van der Waals surface area (Å²) in [7, 11) is -4.67. The molecule has 2 fully saturated rings. The van der Waals surface area contributed by atoms with Crippen LogP contribution in [0.15, 0.2) is 12.7 Å². The van der Waals surface area contributed by atoms with Crippen LogP contribution >= 0.6 is 7.82 Å². The zero-order chi connectivity index (χ0) is 35.3. The maximum Gasteiger partial charge on any atom is 0.510 e. The van der Waals surface area contributed by atoms with Gasteiger partial charge in [0, 0.05) is 0 Å². The van der Waals surface area contributed by atoms with E-state index in [1.165, 1.54) is 17.8 Å². The van der Waals surface area contributed by atoms with E-state index in [1.54, 1.807) is 13.8 Å². The fourth-order valence-corrected chi connectivity index (χ4v) is 5.67. The van der Waals surface area contributed by atoms with E-state index < -0.39 is 108 Å². The molecule has 0 spiro atoms. The standard InChI is InChI=1S/C25H40N5O17P/c1-10(2)43-25(38)41-9-42-48(39,40)47-11(3)4-30-8-28-14-21(26-7-27-22(14)30)29-23-18(36)17(35)20(13(6-32)44-23)46-24-19(37)16(34)15(33)12(5-31)45-24/h7-8,10-13,15-20,23-24,31-37H,4-6,9H2,1-3H3,(H,39,40)(H,26,27,29)/t11-,12-,13-,15+,16+,17-,18-,19-,20-,23?,24+/m1/s1. The molecule has 22 nitrogen and oxygen atoms in total. The number of anilines is 1. The van der Waals surface area contributed by atoms with Crippen molar-refractivity contribution in [2.24, 2.45) is 0 Å². The minimum atomic E-state index is -4.67. The van der Waals surface area contributed by atoms with Gasteiger partial charge in [0.05, 0.1) is 38.3 Å². The Hall–Kier alpha value is -2.67. The van der Waals surface area contributed by atoms with Gasteiger partial charge in [0.1, 0.15) is 60.7 Å². The molecule has 0 amide bonds. The number of ether oxygens (including phenoxy) is 5. The third-order valence-electron chi connectivity index (χ3n) is 7.18. The van der Waals surface area contributed by atoms with Crippen molar-refractivity contribution in [3.8, 4) is 0 Å². The molecule has 2 aliphatic rings. The first-order chi connectivity index (χ1) is 22.6. The third-order valence-corrected chi connectivity index (χ3v) is 8.23. The molecule has 2 unspecified atom stereocenters. The van der Waals surface area contributed by atoms with Crippen molar-refractivity contribution in [2.75, 3.05) is 25.3 Å². The number of carbonyl (C=O) groups excluding carboxylic acids is 1. The molecule has 0 radical (unpaired) electrons. The lowest BCUT2D eigenvalue weighted by Crippen LogP contribution is -2.65. The maximum atomic E-state index is 12.3. The van der Waals surface area contributed by atoms with E-state index in [0.717, 1.165) is 6.33 Å². The summed E-state index contributed by atoms with van der Waals surface area (Å²) in [5.74, 6) is 0.0233. The second kappa shape index (κ2) is 16.4. The molecule has 4 rings (SSSR count). The Morgan fingerprint density at radius 2 is 1.69 bits per heavy atom. The van der Waals surface area contributed by atoms with Gasteiger partial charge < -0.3 is 74.2 Å². The third kappa shape index (κ3) is 9.11. The summed E-state index contributed by atoms with van der Waals surface area (Å²) in [4.78, 5) is 33.9. The molecule has 2 aliphatic heterocycles. The summed E-state index contributed by atoms with van der Waals surface area (Å²) >= 11 is 0. The van der Waals surface area contributed by atoms with Crippen LogP contribution in [0.5, 0.6) is 0 Å². The number of aliphatic hydroxyl groups excluding tert-OH is 7. The molecular formula is C25H40N5O17P. The molecule has 0 aliphatic carbocycles. The SMILES string of the molecule is CC(C)OC(=O)OCOP(=O)(O)O[C@H](C)Cn1cnc2c(NC3O[C@H](CO)[C@@H](O[C@@H]4O[C@H](CO)[C@H](O)[C@H](O)[C@H]4O)[C@H](O)[C@H]3O)ncnc21. The Morgan fingerprint density at radius 1 is 0.979 bits per heavy atom. The zero-order valence-corrected chi connectivity index (χ0v) is 26.8. The van der Waals surface area contributed by atoms with E-state index in [9.17, 15) is 50.0 Å². The number of aromatic nitrogens is 4. The van der Waals surface area contributed by atoms with Crippen molar-refractivity contribution in [1.82, 2.24) is 19.5 Å². The van der Waals surface area contributed by atoms with Gasteiger partial charge in [-0.15, -0.1) is 0 Å². The first-order valence-electron chi connectivity index (χ1n) is 14.7. The Bertz CT molecular complexity index is 1400. The first kappa shape index (κ1) is 38.1. The number of carbonyl (C=O) groups is 1. The highest BCUT2D eigenvalue weighted by Gasteiger charge is 2.50. The highest BCUT2D eigenvalue weighted by molar-refractivity contribution is 7.47. The number of imidazole rings is 1. The molecule has 48 heavy (non-hydrogen) atoms. The van der Waals surface area contributed by atoms with Crippen LogP contribution in [-0.4, -0.2) is 160 Å². The molecular weight excluding hydrogens is 673 g/mol. The van der Waals surface area contributed by atoms with Crippen LogP contribution in [0.1, 0.15) is 20.8 Å². The fraction of sp³-hybridized carbons (Fsp3) is 0.760. The predicted molar refractivity (Wildman–Crippen MR) is 154 cm³/mol. The largest absolute Gasteiger partial charge is 0.510 e. The molecule has 12 atom stereocenters. The summed E-state index contributed by atoms with van der Waals surface area (Å²) in [5, 5.41) is 74.4. The molecule has 2 aromatic rings. The maximum absolute atomic E-state index is 12.3. The van der Waals surface area contributed by atoms with Crippen LogP contribution < -0.4 is 5.32 Å². The van der Waals surface area contributed by atoms with Gasteiger partial charge in [-0.1, -0.05) is 0 Å². The van der Waals surface area contributed by atoms with Crippen molar-refractivity contribution in [2.45, 2.75) is 101 Å². The lowest BCUT2D eigenvalue weighted by Gasteiger charge is -2.46. The summed E-state index contributed by atoms with van der Waals surface area (Å²) in [5.41, 5.74) is 0.362. The minimum absolute atomic E-state index is 0.0233. The van der Waals surface area contributed by atoms with Crippen molar-refractivity contribution in [3.05, 3.63) is 12.7 Å². The molecule has 0 saturated carbocycles. The van der Waals surface area contributed by atoms with E-state index >= 15 is 0 Å². The van der Waals surface area contributed by atoms with Gasteiger partial charge in [0.25, 0.3) is 0 Å². The zero-order valence-electron chi connectivity index (χ0n) is 25.9. The van der Waals surface area contributed by atoms with Crippen LogP contribution in [0.2, 0.25) is 0 Å². The van der Waals surface area contributed by atoms with Crippen molar-refractivity contribution in [1.29, 1.82) is 0 Å². The average Bonchev–Trinajstić information content (AvgIpc) is 3.43. The monoisotopic (exact) mass is 713 g/mol. The lowest BCUT2D eigenvalue weighted by atomic mass is 9.96. The summed E-state index contributed by atoms with van der Waals surface area (Å²) in [6, 6.07) is 0. The van der Waals surface area contributed by atoms with E-state index in [2.05, 4.69) is 29.5 Å². The van der Waals surface area contributed by atoms with E-state index in [-0.39, 0.29) is 23.5 Å². The quantitative estimate of drug-likeness (QED) is 0.0532. The topological polar surface area (TPSA) is 316 Å². The van der Waals surface area contributed by atoms with Crippen LogP contribution in [0.3, 0.4) is 0 Å². The summed E-state index contributed by atoms with van der Waals surface area (Å²) in [6.07, 6.45) is -16.0. The number of nitrogens with zero attached hydrogens (tertiary/aromatic N) is 4. The molecule has 9 N–H and O–H groups in total. The van der Waals surface area contributed by atoms with Gasteiger partial charge in [0.15, 0.2) is 24.0 Å². The fourth-order valence-electron chi connectivity index (χ4n) is 4.90. The molecule has 4 heterocycles. The Labute approximate surface area is 272 Å². The Kier molecular flexibility index (Phi) is 13.0. The molecule has 0 bridgehead atoms. The molecule has 2 saturated heterocycles. The smallest absolute Gasteiger partial charge is 0.432 e. The second-order valence-electron chi connectivity index (χ2n) is 11.2.